The van der Waals surface area contributed by atoms with Gasteiger partial charge in [-0.25, -0.2) is 0 Å². The predicted molar refractivity (Wildman–Crippen MR) is 63.8 cm³/mol. The standard InChI is InChI=1S/C11H15NO3.ClH/c1-14-9-5-3-8(4-6-9)10(12)7-11(13)15-2;/h3-6,10H,7,12H2,1-2H3;1H/t10-;/m0./s1. The Hall–Kier alpha value is -1.26. The molecule has 1 aromatic carbocycles. The van der Waals surface area contributed by atoms with E-state index in [1.54, 1.807) is 7.11 Å². The van der Waals surface area contributed by atoms with Gasteiger partial charge in [0.1, 0.15) is 5.75 Å². The fourth-order valence-corrected chi connectivity index (χ4v) is 1.23. The van der Waals surface area contributed by atoms with Gasteiger partial charge < -0.3 is 15.2 Å². The Morgan fingerprint density at radius 2 is 1.88 bits per heavy atom. The second kappa shape index (κ2) is 7.09. The fourth-order valence-electron chi connectivity index (χ4n) is 1.23. The number of rotatable bonds is 4. The van der Waals surface area contributed by atoms with Crippen LogP contribution in [0.15, 0.2) is 24.3 Å². The molecule has 1 atom stereocenters. The maximum atomic E-state index is 11.0. The largest absolute Gasteiger partial charge is 0.497 e. The van der Waals surface area contributed by atoms with Gasteiger partial charge in [0, 0.05) is 6.04 Å². The van der Waals surface area contributed by atoms with Gasteiger partial charge in [-0.3, -0.25) is 4.79 Å². The lowest BCUT2D eigenvalue weighted by molar-refractivity contribution is -0.141. The zero-order chi connectivity index (χ0) is 11.3. The van der Waals surface area contributed by atoms with Crippen LogP contribution in [0.1, 0.15) is 18.0 Å². The van der Waals surface area contributed by atoms with Crippen molar-refractivity contribution in [3.05, 3.63) is 29.8 Å². The van der Waals surface area contributed by atoms with E-state index in [4.69, 9.17) is 10.5 Å². The Bertz CT molecular complexity index is 327. The molecule has 1 aromatic rings. The second-order valence-corrected chi connectivity index (χ2v) is 3.16. The minimum atomic E-state index is -0.330. The van der Waals surface area contributed by atoms with Crippen LogP contribution in [0.4, 0.5) is 0 Å². The number of carbonyl (C=O) groups excluding carboxylic acids is 1. The van der Waals surface area contributed by atoms with E-state index >= 15 is 0 Å². The molecule has 90 valence electrons. The van der Waals surface area contributed by atoms with Crippen molar-refractivity contribution in [2.45, 2.75) is 12.5 Å². The molecular formula is C11H16ClNO3. The molecule has 16 heavy (non-hydrogen) atoms. The highest BCUT2D eigenvalue weighted by atomic mass is 35.5. The van der Waals surface area contributed by atoms with Crippen LogP contribution in [0, 0.1) is 0 Å². The lowest BCUT2D eigenvalue weighted by atomic mass is 10.0. The van der Waals surface area contributed by atoms with E-state index in [-0.39, 0.29) is 30.8 Å². The Morgan fingerprint density at radius 1 is 1.31 bits per heavy atom. The summed E-state index contributed by atoms with van der Waals surface area (Å²) in [4.78, 5) is 11.0. The van der Waals surface area contributed by atoms with Gasteiger partial charge in [-0.05, 0) is 17.7 Å². The SMILES string of the molecule is COC(=O)C[C@H](N)c1ccc(OC)cc1.Cl. The van der Waals surface area contributed by atoms with E-state index < -0.39 is 0 Å². The summed E-state index contributed by atoms with van der Waals surface area (Å²) in [5.74, 6) is 0.460. The number of hydrogen-bond acceptors (Lipinski definition) is 4. The lowest BCUT2D eigenvalue weighted by Crippen LogP contribution is -2.16. The number of esters is 1. The third-order valence-corrected chi connectivity index (χ3v) is 2.16. The van der Waals surface area contributed by atoms with Crippen LogP contribution in [0.3, 0.4) is 0 Å². The van der Waals surface area contributed by atoms with Gasteiger partial charge >= 0.3 is 5.97 Å². The highest BCUT2D eigenvalue weighted by Gasteiger charge is 2.11. The summed E-state index contributed by atoms with van der Waals surface area (Å²) in [6.45, 7) is 0. The molecule has 0 saturated carbocycles. The normalized spacial score (nSPS) is 11.2. The van der Waals surface area contributed by atoms with E-state index in [0.717, 1.165) is 11.3 Å². The quantitative estimate of drug-likeness (QED) is 0.820. The summed E-state index contributed by atoms with van der Waals surface area (Å²) in [7, 11) is 2.95. The van der Waals surface area contributed by atoms with Crippen molar-refractivity contribution in [3.63, 3.8) is 0 Å². The zero-order valence-electron chi connectivity index (χ0n) is 9.30. The molecule has 0 radical (unpaired) electrons. The molecule has 1 rings (SSSR count). The summed E-state index contributed by atoms with van der Waals surface area (Å²) >= 11 is 0. The molecule has 2 N–H and O–H groups in total. The van der Waals surface area contributed by atoms with Crippen LogP contribution >= 0.6 is 12.4 Å². The molecule has 0 aliphatic heterocycles. The highest BCUT2D eigenvalue weighted by Crippen LogP contribution is 2.18. The van der Waals surface area contributed by atoms with E-state index in [0.29, 0.717) is 0 Å². The lowest BCUT2D eigenvalue weighted by Gasteiger charge is -2.10. The third-order valence-electron chi connectivity index (χ3n) is 2.16. The summed E-state index contributed by atoms with van der Waals surface area (Å²) in [6, 6.07) is 6.97. The molecule has 0 aromatic heterocycles. The van der Waals surface area contributed by atoms with Gasteiger partial charge in [-0.15, -0.1) is 12.4 Å². The van der Waals surface area contributed by atoms with Crippen LogP contribution in [0.5, 0.6) is 5.75 Å². The molecule has 0 saturated heterocycles. The van der Waals surface area contributed by atoms with Gasteiger partial charge in [-0.1, -0.05) is 12.1 Å². The first-order chi connectivity index (χ1) is 7.17. The predicted octanol–water partition coefficient (Wildman–Crippen LogP) is 1.68. The van der Waals surface area contributed by atoms with Gasteiger partial charge in [0.25, 0.3) is 0 Å². The van der Waals surface area contributed by atoms with Crippen molar-refractivity contribution in [1.29, 1.82) is 0 Å². The van der Waals surface area contributed by atoms with Gasteiger partial charge in [0.15, 0.2) is 0 Å². The molecule has 0 bridgehead atoms. The third kappa shape index (κ3) is 4.08. The Morgan fingerprint density at radius 3 is 2.31 bits per heavy atom. The summed E-state index contributed by atoms with van der Waals surface area (Å²) in [5, 5.41) is 0. The van der Waals surface area contributed by atoms with E-state index in [9.17, 15) is 4.79 Å². The van der Waals surface area contributed by atoms with Crippen molar-refractivity contribution in [2.75, 3.05) is 14.2 Å². The average Bonchev–Trinajstić information content (AvgIpc) is 2.29. The van der Waals surface area contributed by atoms with Gasteiger partial charge in [0.05, 0.1) is 20.6 Å². The molecular weight excluding hydrogens is 230 g/mol. The minimum absolute atomic E-state index is 0. The fraction of sp³-hybridized carbons (Fsp3) is 0.364. The Kier molecular flexibility index (Phi) is 6.53. The van der Waals surface area contributed by atoms with E-state index in [1.165, 1.54) is 7.11 Å². The van der Waals surface area contributed by atoms with Crippen molar-refractivity contribution < 1.29 is 14.3 Å². The first-order valence-electron chi connectivity index (χ1n) is 4.63. The topological polar surface area (TPSA) is 61.5 Å². The first-order valence-corrected chi connectivity index (χ1v) is 4.63. The molecule has 0 amide bonds. The molecule has 4 nitrogen and oxygen atoms in total. The maximum absolute atomic E-state index is 11.0. The highest BCUT2D eigenvalue weighted by molar-refractivity contribution is 5.85. The molecule has 5 heteroatoms. The number of methoxy groups -OCH3 is 2. The minimum Gasteiger partial charge on any atom is -0.497 e. The summed E-state index contributed by atoms with van der Waals surface area (Å²) < 4.78 is 9.56. The zero-order valence-corrected chi connectivity index (χ0v) is 10.1. The summed E-state index contributed by atoms with van der Waals surface area (Å²) in [5.41, 5.74) is 6.71. The van der Waals surface area contributed by atoms with Crippen molar-refractivity contribution in [1.82, 2.24) is 0 Å². The number of halogens is 1. The number of hydrogen-bond donors (Lipinski definition) is 1. The number of nitrogens with two attached hydrogens (primary N) is 1. The first kappa shape index (κ1) is 14.7. The summed E-state index contributed by atoms with van der Waals surface area (Å²) in [6.07, 6.45) is 0.183. The smallest absolute Gasteiger partial charge is 0.307 e. The van der Waals surface area contributed by atoms with E-state index in [2.05, 4.69) is 4.74 Å². The molecule has 0 aliphatic carbocycles. The Balaban J connectivity index is 0.00000225. The van der Waals surface area contributed by atoms with Crippen molar-refractivity contribution in [2.24, 2.45) is 5.73 Å². The van der Waals surface area contributed by atoms with Gasteiger partial charge in [0.2, 0.25) is 0 Å². The van der Waals surface area contributed by atoms with Crippen molar-refractivity contribution >= 4 is 18.4 Å². The number of carbonyl (C=O) groups is 1. The average molecular weight is 246 g/mol. The number of benzene rings is 1. The molecule has 0 heterocycles. The molecule has 0 fully saturated rings. The molecule has 0 spiro atoms. The molecule has 0 unspecified atom stereocenters. The Labute approximate surface area is 101 Å². The van der Waals surface area contributed by atoms with Crippen LogP contribution in [-0.4, -0.2) is 20.2 Å². The maximum Gasteiger partial charge on any atom is 0.307 e. The van der Waals surface area contributed by atoms with Crippen molar-refractivity contribution in [3.8, 4) is 5.75 Å². The van der Waals surface area contributed by atoms with Crippen LogP contribution < -0.4 is 10.5 Å². The van der Waals surface area contributed by atoms with Gasteiger partial charge in [-0.2, -0.15) is 0 Å². The second-order valence-electron chi connectivity index (χ2n) is 3.16. The molecule has 0 aliphatic rings. The number of ether oxygens (including phenoxy) is 2. The monoisotopic (exact) mass is 245 g/mol. The van der Waals surface area contributed by atoms with Crippen LogP contribution in [-0.2, 0) is 9.53 Å². The van der Waals surface area contributed by atoms with Crippen LogP contribution in [0.2, 0.25) is 0 Å². The van der Waals surface area contributed by atoms with E-state index in [1.807, 2.05) is 24.3 Å². The van der Waals surface area contributed by atoms with Crippen LogP contribution in [0.25, 0.3) is 0 Å².